The number of rotatable bonds is 2. The first kappa shape index (κ1) is 12.9. The summed E-state index contributed by atoms with van der Waals surface area (Å²) in [7, 11) is 0. The summed E-state index contributed by atoms with van der Waals surface area (Å²) in [6.07, 6.45) is 1.47. The molecule has 0 spiro atoms. The maximum absolute atomic E-state index is 6.14. The van der Waals surface area contributed by atoms with Gasteiger partial charge in [0.2, 0.25) is 0 Å². The van der Waals surface area contributed by atoms with Crippen LogP contribution in [0.15, 0.2) is 45.0 Å². The molecule has 0 aliphatic heterocycles. The van der Waals surface area contributed by atoms with E-state index in [4.69, 9.17) is 11.6 Å². The first-order chi connectivity index (χ1) is 9.16. The third-order valence-corrected chi connectivity index (χ3v) is 5.16. The van der Waals surface area contributed by atoms with Crippen molar-refractivity contribution in [3.8, 4) is 0 Å². The molecule has 0 atom stereocenters. The molecule has 2 aromatic heterocycles. The van der Waals surface area contributed by atoms with Crippen LogP contribution in [0.4, 0.5) is 0 Å². The van der Waals surface area contributed by atoms with E-state index in [0.717, 1.165) is 20.0 Å². The van der Waals surface area contributed by atoms with Gasteiger partial charge < -0.3 is 0 Å². The number of nitrogens with zero attached hydrogens (tertiary/aromatic N) is 4. The van der Waals surface area contributed by atoms with Crippen molar-refractivity contribution in [2.75, 3.05) is 0 Å². The Morgan fingerprint density at radius 2 is 2.11 bits per heavy atom. The zero-order valence-corrected chi connectivity index (χ0v) is 13.0. The second-order valence-electron chi connectivity index (χ2n) is 3.84. The largest absolute Gasteiger partial charge is 0.254 e. The average Bonchev–Trinajstić information content (AvgIpc) is 2.85. The Balaban J connectivity index is 2.17. The van der Waals surface area contributed by atoms with Crippen LogP contribution in [0, 0.1) is 6.92 Å². The van der Waals surface area contributed by atoms with Gasteiger partial charge in [-0.25, -0.2) is 0 Å². The van der Waals surface area contributed by atoms with Gasteiger partial charge in [-0.15, -0.1) is 0 Å². The van der Waals surface area contributed by atoms with Crippen LogP contribution < -0.4 is 0 Å². The molecular formula is C12H8BrClN4S. The Hall–Kier alpha value is -1.11. The smallest absolute Gasteiger partial charge is 0.199 e. The molecule has 0 amide bonds. The number of aromatic nitrogens is 4. The SMILES string of the molecule is Cc1c(Cl)nc2ncnn2c1Sc1ccccc1Br. The van der Waals surface area contributed by atoms with Gasteiger partial charge in [-0.1, -0.05) is 35.5 Å². The molecular weight excluding hydrogens is 348 g/mol. The Bertz CT molecular complexity index is 759. The maximum Gasteiger partial charge on any atom is 0.254 e. The van der Waals surface area contributed by atoms with Crippen molar-refractivity contribution in [2.24, 2.45) is 0 Å². The summed E-state index contributed by atoms with van der Waals surface area (Å²) in [5.41, 5.74) is 0.889. The van der Waals surface area contributed by atoms with Crippen LogP contribution in [0.25, 0.3) is 5.78 Å². The highest BCUT2D eigenvalue weighted by Gasteiger charge is 2.14. The summed E-state index contributed by atoms with van der Waals surface area (Å²) >= 11 is 11.3. The molecule has 1 aromatic carbocycles. The van der Waals surface area contributed by atoms with Crippen molar-refractivity contribution < 1.29 is 0 Å². The van der Waals surface area contributed by atoms with Crippen molar-refractivity contribution in [1.82, 2.24) is 19.6 Å². The Kier molecular flexibility index (Phi) is 3.47. The number of benzene rings is 1. The number of hydrogen-bond donors (Lipinski definition) is 0. The van der Waals surface area contributed by atoms with E-state index in [1.807, 2.05) is 31.2 Å². The summed E-state index contributed by atoms with van der Waals surface area (Å²) in [6.45, 7) is 1.93. The quantitative estimate of drug-likeness (QED) is 0.652. The fourth-order valence-electron chi connectivity index (χ4n) is 1.63. The van der Waals surface area contributed by atoms with E-state index >= 15 is 0 Å². The highest BCUT2D eigenvalue weighted by atomic mass is 79.9. The van der Waals surface area contributed by atoms with Crippen LogP contribution >= 0.6 is 39.3 Å². The van der Waals surface area contributed by atoms with Gasteiger partial charge in [0, 0.05) is 14.9 Å². The second-order valence-corrected chi connectivity index (χ2v) is 6.08. The molecule has 4 nitrogen and oxygen atoms in total. The Morgan fingerprint density at radius 3 is 2.89 bits per heavy atom. The highest BCUT2D eigenvalue weighted by molar-refractivity contribution is 9.10. The molecule has 0 saturated carbocycles. The minimum atomic E-state index is 0.454. The molecule has 19 heavy (non-hydrogen) atoms. The first-order valence-electron chi connectivity index (χ1n) is 5.45. The molecule has 3 rings (SSSR count). The lowest BCUT2D eigenvalue weighted by atomic mass is 10.4. The normalized spacial score (nSPS) is 11.1. The van der Waals surface area contributed by atoms with Gasteiger partial charge in [0.25, 0.3) is 5.78 Å². The van der Waals surface area contributed by atoms with Gasteiger partial charge in [-0.05, 0) is 35.0 Å². The molecule has 3 aromatic rings. The van der Waals surface area contributed by atoms with Crippen LogP contribution in [0.1, 0.15) is 5.56 Å². The fraction of sp³-hybridized carbons (Fsp3) is 0.0833. The Morgan fingerprint density at radius 1 is 1.32 bits per heavy atom. The summed E-state index contributed by atoms with van der Waals surface area (Å²) in [5, 5.41) is 5.56. The third-order valence-electron chi connectivity index (χ3n) is 2.59. The van der Waals surface area contributed by atoms with E-state index in [9.17, 15) is 0 Å². The minimum Gasteiger partial charge on any atom is -0.199 e. The van der Waals surface area contributed by atoms with Crippen molar-refractivity contribution in [3.05, 3.63) is 45.8 Å². The molecule has 0 aliphatic carbocycles. The number of fused-ring (bicyclic) bond motifs is 1. The van der Waals surface area contributed by atoms with Gasteiger partial charge in [0.15, 0.2) is 0 Å². The lowest BCUT2D eigenvalue weighted by Gasteiger charge is -2.09. The molecule has 2 heterocycles. The lowest BCUT2D eigenvalue weighted by Crippen LogP contribution is -1.99. The molecule has 0 bridgehead atoms. The minimum absolute atomic E-state index is 0.454. The molecule has 0 saturated heterocycles. The first-order valence-corrected chi connectivity index (χ1v) is 7.44. The van der Waals surface area contributed by atoms with Crippen molar-refractivity contribution >= 4 is 45.1 Å². The highest BCUT2D eigenvalue weighted by Crippen LogP contribution is 2.36. The molecule has 0 radical (unpaired) electrons. The predicted octanol–water partition coefficient (Wildman–Crippen LogP) is 4.00. The van der Waals surface area contributed by atoms with E-state index in [1.165, 1.54) is 6.33 Å². The van der Waals surface area contributed by atoms with E-state index in [1.54, 1.807) is 16.3 Å². The van der Waals surface area contributed by atoms with E-state index in [2.05, 4.69) is 31.0 Å². The zero-order valence-electron chi connectivity index (χ0n) is 9.84. The second kappa shape index (κ2) is 5.11. The van der Waals surface area contributed by atoms with Gasteiger partial charge in [-0.2, -0.15) is 19.6 Å². The predicted molar refractivity (Wildman–Crippen MR) is 78.8 cm³/mol. The van der Waals surface area contributed by atoms with E-state index < -0.39 is 0 Å². The van der Waals surface area contributed by atoms with E-state index in [0.29, 0.717) is 10.9 Å². The molecule has 96 valence electrons. The molecule has 0 N–H and O–H groups in total. The van der Waals surface area contributed by atoms with Crippen LogP contribution in [-0.2, 0) is 0 Å². The van der Waals surface area contributed by atoms with Gasteiger partial charge in [-0.3, -0.25) is 0 Å². The van der Waals surface area contributed by atoms with Gasteiger partial charge in [0.1, 0.15) is 16.5 Å². The standard InChI is InChI=1S/C12H8BrClN4S/c1-7-10(14)17-12-15-6-16-18(12)11(7)19-9-5-3-2-4-8(9)13/h2-6H,1H3. The topological polar surface area (TPSA) is 43.1 Å². The average molecular weight is 356 g/mol. The van der Waals surface area contributed by atoms with Crippen LogP contribution in [-0.4, -0.2) is 19.6 Å². The Labute approximate surface area is 127 Å². The van der Waals surface area contributed by atoms with Gasteiger partial charge in [0.05, 0.1) is 0 Å². The molecule has 0 aliphatic rings. The summed E-state index contributed by atoms with van der Waals surface area (Å²) in [5.74, 6) is 0.505. The monoisotopic (exact) mass is 354 g/mol. The summed E-state index contributed by atoms with van der Waals surface area (Å²) < 4.78 is 2.73. The molecule has 7 heteroatoms. The van der Waals surface area contributed by atoms with Crippen LogP contribution in [0.5, 0.6) is 0 Å². The van der Waals surface area contributed by atoms with Crippen molar-refractivity contribution in [3.63, 3.8) is 0 Å². The van der Waals surface area contributed by atoms with Crippen molar-refractivity contribution in [1.29, 1.82) is 0 Å². The summed E-state index contributed by atoms with van der Waals surface area (Å²) in [4.78, 5) is 9.35. The third kappa shape index (κ3) is 2.35. The van der Waals surface area contributed by atoms with E-state index in [-0.39, 0.29) is 0 Å². The van der Waals surface area contributed by atoms with Gasteiger partial charge >= 0.3 is 0 Å². The molecule has 0 fully saturated rings. The number of halogens is 2. The van der Waals surface area contributed by atoms with Crippen molar-refractivity contribution in [2.45, 2.75) is 16.8 Å². The number of hydrogen-bond acceptors (Lipinski definition) is 4. The fourth-order valence-corrected chi connectivity index (χ4v) is 3.36. The maximum atomic E-state index is 6.14. The molecule has 0 unspecified atom stereocenters. The lowest BCUT2D eigenvalue weighted by molar-refractivity contribution is 0.825. The van der Waals surface area contributed by atoms with Crippen LogP contribution in [0.3, 0.4) is 0 Å². The van der Waals surface area contributed by atoms with Crippen LogP contribution in [0.2, 0.25) is 5.15 Å². The summed E-state index contributed by atoms with van der Waals surface area (Å²) in [6, 6.07) is 8.00. The zero-order chi connectivity index (χ0) is 13.4.